The topological polar surface area (TPSA) is 75.4 Å². The van der Waals surface area contributed by atoms with E-state index in [2.05, 4.69) is 5.32 Å². The summed E-state index contributed by atoms with van der Waals surface area (Å²) in [4.78, 5) is 25.4. The van der Waals surface area contributed by atoms with Gasteiger partial charge < -0.3 is 16.0 Å². The average Bonchev–Trinajstić information content (AvgIpc) is 2.38. The maximum absolute atomic E-state index is 12.3. The molecule has 5 nitrogen and oxygen atoms in total. The van der Waals surface area contributed by atoms with Gasteiger partial charge in [-0.1, -0.05) is 19.9 Å². The molecule has 0 saturated heterocycles. The number of aryl methyl sites for hydroxylation is 1. The average molecular weight is 277 g/mol. The SMILES string of the molecule is Cc1ccc(N)cc1C(=O)N(C)CC(=O)NCC(C)C. The molecule has 2 amide bonds. The number of benzene rings is 1. The third-order valence-electron chi connectivity index (χ3n) is 2.93. The van der Waals surface area contributed by atoms with Gasteiger partial charge in [0.25, 0.3) is 5.91 Å². The third kappa shape index (κ3) is 4.57. The molecule has 0 aliphatic heterocycles. The highest BCUT2D eigenvalue weighted by Gasteiger charge is 2.17. The van der Waals surface area contributed by atoms with Crippen molar-refractivity contribution in [3.63, 3.8) is 0 Å². The summed E-state index contributed by atoms with van der Waals surface area (Å²) in [5.74, 6) is 0.0294. The summed E-state index contributed by atoms with van der Waals surface area (Å²) in [5.41, 5.74) is 7.61. The molecule has 0 spiro atoms. The molecule has 0 bridgehead atoms. The smallest absolute Gasteiger partial charge is 0.254 e. The fourth-order valence-corrected chi connectivity index (χ4v) is 1.74. The lowest BCUT2D eigenvalue weighted by Gasteiger charge is -2.18. The van der Waals surface area contributed by atoms with Gasteiger partial charge in [-0.15, -0.1) is 0 Å². The highest BCUT2D eigenvalue weighted by atomic mass is 16.2. The number of rotatable bonds is 5. The number of hydrogen-bond donors (Lipinski definition) is 2. The van der Waals surface area contributed by atoms with Crippen LogP contribution in [0.5, 0.6) is 0 Å². The van der Waals surface area contributed by atoms with E-state index in [1.165, 1.54) is 4.90 Å². The van der Waals surface area contributed by atoms with E-state index < -0.39 is 0 Å². The maximum Gasteiger partial charge on any atom is 0.254 e. The van der Waals surface area contributed by atoms with Crippen LogP contribution in [-0.2, 0) is 4.79 Å². The summed E-state index contributed by atoms with van der Waals surface area (Å²) < 4.78 is 0. The number of likely N-dealkylation sites (N-methyl/N-ethyl adjacent to an activating group) is 1. The molecule has 0 atom stereocenters. The van der Waals surface area contributed by atoms with E-state index in [4.69, 9.17) is 5.73 Å². The van der Waals surface area contributed by atoms with Gasteiger partial charge >= 0.3 is 0 Å². The molecule has 0 aliphatic rings. The summed E-state index contributed by atoms with van der Waals surface area (Å²) >= 11 is 0. The number of nitrogens with one attached hydrogen (secondary N) is 1. The predicted molar refractivity (Wildman–Crippen MR) is 80.4 cm³/mol. The summed E-state index contributed by atoms with van der Waals surface area (Å²) in [6, 6.07) is 5.19. The van der Waals surface area contributed by atoms with Gasteiger partial charge in [-0.25, -0.2) is 0 Å². The molecule has 0 aromatic heterocycles. The van der Waals surface area contributed by atoms with Gasteiger partial charge in [0, 0.05) is 24.8 Å². The monoisotopic (exact) mass is 277 g/mol. The van der Waals surface area contributed by atoms with E-state index in [1.807, 2.05) is 20.8 Å². The van der Waals surface area contributed by atoms with Crippen LogP contribution in [0.25, 0.3) is 0 Å². The molecule has 0 heterocycles. The van der Waals surface area contributed by atoms with Crippen LogP contribution >= 0.6 is 0 Å². The number of amides is 2. The molecule has 0 unspecified atom stereocenters. The molecule has 5 heteroatoms. The van der Waals surface area contributed by atoms with Gasteiger partial charge in [0.1, 0.15) is 0 Å². The standard InChI is InChI=1S/C15H23N3O2/c1-10(2)8-17-14(19)9-18(4)15(20)13-7-12(16)6-5-11(13)3/h5-7,10H,8-9,16H2,1-4H3,(H,17,19). The van der Waals surface area contributed by atoms with E-state index >= 15 is 0 Å². The Kier molecular flexibility index (Phi) is 5.55. The second-order valence-corrected chi connectivity index (χ2v) is 5.43. The first-order valence-electron chi connectivity index (χ1n) is 6.69. The Morgan fingerprint density at radius 1 is 1.35 bits per heavy atom. The molecule has 0 radical (unpaired) electrons. The van der Waals surface area contributed by atoms with Crippen molar-refractivity contribution in [1.82, 2.24) is 10.2 Å². The minimum absolute atomic E-state index is 0.0415. The van der Waals surface area contributed by atoms with Crippen LogP contribution in [0.1, 0.15) is 29.8 Å². The first-order valence-corrected chi connectivity index (χ1v) is 6.69. The zero-order chi connectivity index (χ0) is 15.3. The van der Waals surface area contributed by atoms with Crippen molar-refractivity contribution in [2.24, 2.45) is 5.92 Å². The van der Waals surface area contributed by atoms with E-state index in [1.54, 1.807) is 25.2 Å². The second-order valence-electron chi connectivity index (χ2n) is 5.43. The van der Waals surface area contributed by atoms with Crippen molar-refractivity contribution < 1.29 is 9.59 Å². The number of anilines is 1. The second kappa shape index (κ2) is 6.93. The molecule has 0 fully saturated rings. The lowest BCUT2D eigenvalue weighted by Crippen LogP contribution is -2.39. The van der Waals surface area contributed by atoms with Crippen LogP contribution in [0.15, 0.2) is 18.2 Å². The van der Waals surface area contributed by atoms with Crippen molar-refractivity contribution in [3.8, 4) is 0 Å². The Morgan fingerprint density at radius 2 is 2.00 bits per heavy atom. The molecule has 1 aromatic carbocycles. The van der Waals surface area contributed by atoms with Crippen molar-refractivity contribution in [1.29, 1.82) is 0 Å². The number of nitrogens with zero attached hydrogens (tertiary/aromatic N) is 1. The van der Waals surface area contributed by atoms with Crippen LogP contribution in [0.2, 0.25) is 0 Å². The molecular formula is C15H23N3O2. The fraction of sp³-hybridized carbons (Fsp3) is 0.467. The van der Waals surface area contributed by atoms with E-state index in [0.717, 1.165) is 5.56 Å². The Balaban J connectivity index is 2.67. The van der Waals surface area contributed by atoms with E-state index in [9.17, 15) is 9.59 Å². The molecule has 20 heavy (non-hydrogen) atoms. The van der Waals surface area contributed by atoms with Crippen molar-refractivity contribution in [3.05, 3.63) is 29.3 Å². The maximum atomic E-state index is 12.3. The van der Waals surface area contributed by atoms with Crippen LogP contribution in [0.3, 0.4) is 0 Å². The Morgan fingerprint density at radius 3 is 2.60 bits per heavy atom. The zero-order valence-corrected chi connectivity index (χ0v) is 12.6. The number of carbonyl (C=O) groups is 2. The van der Waals surface area contributed by atoms with Crippen LogP contribution in [-0.4, -0.2) is 36.9 Å². The Hall–Kier alpha value is -2.04. The van der Waals surface area contributed by atoms with Gasteiger partial charge in [-0.3, -0.25) is 9.59 Å². The minimum Gasteiger partial charge on any atom is -0.399 e. The lowest BCUT2D eigenvalue weighted by atomic mass is 10.1. The molecule has 0 saturated carbocycles. The molecule has 1 aromatic rings. The van der Waals surface area contributed by atoms with Gasteiger partial charge in [-0.05, 0) is 30.5 Å². The van der Waals surface area contributed by atoms with E-state index in [0.29, 0.717) is 23.7 Å². The number of nitrogens with two attached hydrogens (primary N) is 1. The molecular weight excluding hydrogens is 254 g/mol. The summed E-state index contributed by atoms with van der Waals surface area (Å²) in [6.45, 7) is 6.54. The Bertz CT molecular complexity index is 498. The summed E-state index contributed by atoms with van der Waals surface area (Å²) in [7, 11) is 1.61. The number of nitrogen functional groups attached to an aromatic ring is 1. The highest BCUT2D eigenvalue weighted by Crippen LogP contribution is 2.14. The molecule has 1 rings (SSSR count). The van der Waals surface area contributed by atoms with Gasteiger partial charge in [0.15, 0.2) is 0 Å². The van der Waals surface area contributed by atoms with Crippen molar-refractivity contribution >= 4 is 17.5 Å². The van der Waals surface area contributed by atoms with Crippen molar-refractivity contribution in [2.45, 2.75) is 20.8 Å². The van der Waals surface area contributed by atoms with E-state index in [-0.39, 0.29) is 18.4 Å². The normalized spacial score (nSPS) is 10.4. The zero-order valence-electron chi connectivity index (χ0n) is 12.6. The number of carbonyl (C=O) groups excluding carboxylic acids is 2. The molecule has 3 N–H and O–H groups in total. The quantitative estimate of drug-likeness (QED) is 0.799. The highest BCUT2D eigenvalue weighted by molar-refractivity contribution is 5.98. The van der Waals surface area contributed by atoms with Crippen molar-refractivity contribution in [2.75, 3.05) is 25.9 Å². The Labute approximate surface area is 120 Å². The third-order valence-corrected chi connectivity index (χ3v) is 2.93. The lowest BCUT2D eigenvalue weighted by molar-refractivity contribution is -0.121. The molecule has 0 aliphatic carbocycles. The van der Waals surface area contributed by atoms with Gasteiger partial charge in [-0.2, -0.15) is 0 Å². The largest absolute Gasteiger partial charge is 0.399 e. The van der Waals surface area contributed by atoms with Gasteiger partial charge in [0.2, 0.25) is 5.91 Å². The first kappa shape index (κ1) is 16.0. The minimum atomic E-state index is -0.200. The van der Waals surface area contributed by atoms with Gasteiger partial charge in [0.05, 0.1) is 6.54 Å². The predicted octanol–water partition coefficient (Wildman–Crippen LogP) is 1.42. The number of hydrogen-bond acceptors (Lipinski definition) is 3. The first-order chi connectivity index (χ1) is 9.31. The molecule has 110 valence electrons. The van der Waals surface area contributed by atoms with Crippen LogP contribution in [0, 0.1) is 12.8 Å². The fourth-order valence-electron chi connectivity index (χ4n) is 1.74. The summed E-state index contributed by atoms with van der Waals surface area (Å²) in [6.07, 6.45) is 0. The van der Waals surface area contributed by atoms with Crippen LogP contribution in [0.4, 0.5) is 5.69 Å². The van der Waals surface area contributed by atoms with Crippen LogP contribution < -0.4 is 11.1 Å². The summed E-state index contributed by atoms with van der Waals surface area (Å²) in [5, 5.41) is 2.79.